The van der Waals surface area contributed by atoms with Gasteiger partial charge < -0.3 is 24.3 Å². The van der Waals surface area contributed by atoms with Gasteiger partial charge in [0.15, 0.2) is 11.5 Å². The van der Waals surface area contributed by atoms with Crippen molar-refractivity contribution in [2.24, 2.45) is 5.73 Å². The molecule has 0 amide bonds. The quantitative estimate of drug-likeness (QED) is 0.810. The van der Waals surface area contributed by atoms with E-state index in [1.54, 1.807) is 26.0 Å². The zero-order chi connectivity index (χ0) is 14.8. The normalized spacial score (nSPS) is 15.4. The van der Waals surface area contributed by atoms with E-state index >= 15 is 0 Å². The molecule has 0 unspecified atom stereocenters. The molecule has 1 aliphatic heterocycles. The van der Waals surface area contributed by atoms with Crippen molar-refractivity contribution in [3.05, 3.63) is 22.7 Å². The van der Waals surface area contributed by atoms with Crippen molar-refractivity contribution < 1.29 is 23.1 Å². The van der Waals surface area contributed by atoms with E-state index < -0.39 is 13.4 Å². The Morgan fingerprint density at radius 2 is 1.85 bits per heavy atom. The SMILES string of the molecule is CCOP(=O)(OCC)[C@H](N)c1cc2c(cc1Cl)OCO2. The molecule has 1 aromatic carbocycles. The van der Waals surface area contributed by atoms with Crippen molar-refractivity contribution in [1.82, 2.24) is 0 Å². The Labute approximate surface area is 122 Å². The molecule has 8 heteroatoms. The highest BCUT2D eigenvalue weighted by molar-refractivity contribution is 7.54. The topological polar surface area (TPSA) is 80.0 Å². The van der Waals surface area contributed by atoms with E-state index in [0.717, 1.165) is 0 Å². The molecule has 0 saturated heterocycles. The summed E-state index contributed by atoms with van der Waals surface area (Å²) in [6, 6.07) is 3.20. The molecule has 2 N–H and O–H groups in total. The van der Waals surface area contributed by atoms with E-state index in [2.05, 4.69) is 0 Å². The number of benzene rings is 1. The maximum atomic E-state index is 12.7. The predicted octanol–water partition coefficient (Wildman–Crippen LogP) is 3.29. The Hall–Kier alpha value is -0.780. The zero-order valence-electron chi connectivity index (χ0n) is 11.3. The van der Waals surface area contributed by atoms with Crippen molar-refractivity contribution >= 4 is 19.2 Å². The highest BCUT2D eigenvalue weighted by Gasteiger charge is 2.36. The third-order valence-electron chi connectivity index (χ3n) is 2.77. The van der Waals surface area contributed by atoms with Crippen LogP contribution in [0.5, 0.6) is 11.5 Å². The molecule has 6 nitrogen and oxygen atoms in total. The molecule has 0 aliphatic carbocycles. The Morgan fingerprint density at radius 1 is 1.30 bits per heavy atom. The van der Waals surface area contributed by atoms with Gasteiger partial charge in [0.25, 0.3) is 0 Å². The molecule has 1 heterocycles. The molecule has 0 aromatic heterocycles. The lowest BCUT2D eigenvalue weighted by molar-refractivity contribution is 0.174. The molecule has 0 spiro atoms. The van der Waals surface area contributed by atoms with E-state index in [1.807, 2.05) is 0 Å². The molecule has 0 bridgehead atoms. The molecule has 1 aromatic rings. The molecule has 20 heavy (non-hydrogen) atoms. The minimum Gasteiger partial charge on any atom is -0.454 e. The Kier molecular flexibility index (Phi) is 4.94. The number of fused-ring (bicyclic) bond motifs is 1. The largest absolute Gasteiger partial charge is 0.454 e. The van der Waals surface area contributed by atoms with Gasteiger partial charge in [-0.05, 0) is 19.9 Å². The number of ether oxygens (including phenoxy) is 2. The molecule has 0 radical (unpaired) electrons. The molecular formula is C12H17ClNO5P. The maximum absolute atomic E-state index is 12.7. The predicted molar refractivity (Wildman–Crippen MR) is 75.4 cm³/mol. The second-order valence-corrected chi connectivity index (χ2v) is 6.61. The van der Waals surface area contributed by atoms with Crippen LogP contribution < -0.4 is 15.2 Å². The molecular weight excluding hydrogens is 305 g/mol. The summed E-state index contributed by atoms with van der Waals surface area (Å²) in [6.45, 7) is 4.03. The van der Waals surface area contributed by atoms with Gasteiger partial charge in [0.1, 0.15) is 5.78 Å². The van der Waals surface area contributed by atoms with Gasteiger partial charge in [0.05, 0.1) is 13.2 Å². The highest BCUT2D eigenvalue weighted by atomic mass is 35.5. The number of hydrogen-bond acceptors (Lipinski definition) is 6. The number of rotatable bonds is 6. The van der Waals surface area contributed by atoms with Crippen LogP contribution in [0.1, 0.15) is 25.2 Å². The summed E-state index contributed by atoms with van der Waals surface area (Å²) in [4.78, 5) is 0. The summed E-state index contributed by atoms with van der Waals surface area (Å²) >= 11 is 6.16. The lowest BCUT2D eigenvalue weighted by atomic mass is 10.2. The van der Waals surface area contributed by atoms with Crippen molar-refractivity contribution in [2.45, 2.75) is 19.6 Å². The number of nitrogens with two attached hydrogens (primary N) is 1. The van der Waals surface area contributed by atoms with Crippen LogP contribution in [0.25, 0.3) is 0 Å². The van der Waals surface area contributed by atoms with Crippen LogP contribution in [0.4, 0.5) is 0 Å². The monoisotopic (exact) mass is 321 g/mol. The van der Waals surface area contributed by atoms with Gasteiger partial charge in [-0.2, -0.15) is 0 Å². The molecule has 1 aliphatic rings. The van der Waals surface area contributed by atoms with Crippen molar-refractivity contribution in [3.8, 4) is 11.5 Å². The first kappa shape index (κ1) is 15.6. The van der Waals surface area contributed by atoms with Crippen LogP contribution in [0.15, 0.2) is 12.1 Å². The summed E-state index contributed by atoms with van der Waals surface area (Å²) in [7, 11) is -3.49. The van der Waals surface area contributed by atoms with Gasteiger partial charge in [-0.25, -0.2) is 0 Å². The molecule has 1 atom stereocenters. The average molecular weight is 322 g/mol. The smallest absolute Gasteiger partial charge is 0.351 e. The lowest BCUT2D eigenvalue weighted by Gasteiger charge is -2.24. The van der Waals surface area contributed by atoms with Gasteiger partial charge in [0.2, 0.25) is 6.79 Å². The zero-order valence-corrected chi connectivity index (χ0v) is 12.9. The van der Waals surface area contributed by atoms with Gasteiger partial charge >= 0.3 is 7.60 Å². The van der Waals surface area contributed by atoms with Crippen LogP contribution in [-0.2, 0) is 13.6 Å². The van der Waals surface area contributed by atoms with Crippen molar-refractivity contribution in [1.29, 1.82) is 0 Å². The Morgan fingerprint density at radius 3 is 2.40 bits per heavy atom. The molecule has 0 fully saturated rings. The van der Waals surface area contributed by atoms with Gasteiger partial charge in [-0.3, -0.25) is 4.57 Å². The summed E-state index contributed by atoms with van der Waals surface area (Å²) in [6.07, 6.45) is 0. The minimum absolute atomic E-state index is 0.124. The van der Waals surface area contributed by atoms with Crippen LogP contribution in [0, 0.1) is 0 Å². The fourth-order valence-corrected chi connectivity index (χ4v) is 3.90. The highest BCUT2D eigenvalue weighted by Crippen LogP contribution is 2.59. The van der Waals surface area contributed by atoms with Gasteiger partial charge in [0, 0.05) is 16.7 Å². The van der Waals surface area contributed by atoms with Gasteiger partial charge in [-0.15, -0.1) is 0 Å². The number of halogens is 1. The third-order valence-corrected chi connectivity index (χ3v) is 5.29. The first-order valence-corrected chi connectivity index (χ1v) is 8.24. The van der Waals surface area contributed by atoms with E-state index in [1.165, 1.54) is 0 Å². The molecule has 112 valence electrons. The fraction of sp³-hybridized carbons (Fsp3) is 0.500. The van der Waals surface area contributed by atoms with Crippen molar-refractivity contribution in [2.75, 3.05) is 20.0 Å². The van der Waals surface area contributed by atoms with Gasteiger partial charge in [-0.1, -0.05) is 11.6 Å². The first-order chi connectivity index (χ1) is 9.51. The molecule has 0 saturated carbocycles. The third kappa shape index (κ3) is 2.95. The number of hydrogen-bond donors (Lipinski definition) is 1. The van der Waals surface area contributed by atoms with E-state index in [4.69, 9.17) is 35.9 Å². The lowest BCUT2D eigenvalue weighted by Crippen LogP contribution is -2.15. The van der Waals surface area contributed by atoms with E-state index in [-0.39, 0.29) is 20.0 Å². The van der Waals surface area contributed by atoms with E-state index in [9.17, 15) is 4.57 Å². The summed E-state index contributed by atoms with van der Waals surface area (Å²) in [5.41, 5.74) is 6.49. The van der Waals surface area contributed by atoms with E-state index in [0.29, 0.717) is 22.1 Å². The second-order valence-electron chi connectivity index (χ2n) is 4.05. The minimum atomic E-state index is -3.49. The maximum Gasteiger partial charge on any atom is 0.351 e. The fourth-order valence-electron chi connectivity index (χ4n) is 1.89. The Bertz CT molecular complexity index is 529. The summed E-state index contributed by atoms with van der Waals surface area (Å²) in [5, 5.41) is 0.335. The van der Waals surface area contributed by atoms with Crippen LogP contribution in [0.3, 0.4) is 0 Å². The van der Waals surface area contributed by atoms with Crippen LogP contribution in [-0.4, -0.2) is 20.0 Å². The summed E-state index contributed by atoms with van der Waals surface area (Å²) < 4.78 is 33.6. The standard InChI is InChI=1S/C12H17ClNO5P/c1-3-18-20(15,19-4-2)12(14)8-5-10-11(6-9(8)13)17-7-16-10/h5-6,12H,3-4,7,14H2,1-2H3/t12-/m0/s1. The second kappa shape index (κ2) is 6.33. The Balaban J connectivity index is 2.36. The van der Waals surface area contributed by atoms with Crippen LogP contribution >= 0.6 is 19.2 Å². The van der Waals surface area contributed by atoms with Crippen LogP contribution in [0.2, 0.25) is 5.02 Å². The summed E-state index contributed by atoms with van der Waals surface area (Å²) in [5.74, 6) is 0.0670. The average Bonchev–Trinajstić information content (AvgIpc) is 2.84. The van der Waals surface area contributed by atoms with Crippen molar-refractivity contribution in [3.63, 3.8) is 0 Å². The first-order valence-electron chi connectivity index (χ1n) is 6.25. The molecule has 2 rings (SSSR count).